The van der Waals surface area contributed by atoms with Crippen molar-refractivity contribution in [3.63, 3.8) is 0 Å². The minimum absolute atomic E-state index is 0.346. The third-order valence-corrected chi connectivity index (χ3v) is 6.80. The summed E-state index contributed by atoms with van der Waals surface area (Å²) in [5.74, 6) is 1.95. The first kappa shape index (κ1) is 19.2. The highest BCUT2D eigenvalue weighted by atomic mass is 32.2. The van der Waals surface area contributed by atoms with Gasteiger partial charge in [0.1, 0.15) is 24.1 Å². The molecule has 1 saturated heterocycles. The molecule has 9 nitrogen and oxygen atoms in total. The van der Waals surface area contributed by atoms with Crippen LogP contribution in [0.5, 0.6) is 5.75 Å². The molecule has 1 N–H and O–H groups in total. The van der Waals surface area contributed by atoms with E-state index in [0.717, 1.165) is 37.2 Å². The Morgan fingerprint density at radius 1 is 1.25 bits per heavy atom. The third-order valence-electron chi connectivity index (χ3n) is 4.76. The van der Waals surface area contributed by atoms with E-state index in [1.165, 1.54) is 11.8 Å². The van der Waals surface area contributed by atoms with Gasteiger partial charge in [0.15, 0.2) is 5.16 Å². The largest absolute Gasteiger partial charge is 0.497 e. The normalized spacial score (nSPS) is 21.5. The molecule has 0 unspecified atom stereocenters. The topological polar surface area (TPSA) is 102 Å². The van der Waals surface area contributed by atoms with Crippen LogP contribution in [-0.2, 0) is 10.2 Å². The van der Waals surface area contributed by atoms with Gasteiger partial charge in [-0.2, -0.15) is 13.1 Å². The molecule has 0 amide bonds. The summed E-state index contributed by atoms with van der Waals surface area (Å²) in [6.45, 7) is 0.803. The number of fused-ring (bicyclic) bond motifs is 1. The molecule has 2 aliphatic heterocycles. The molecule has 0 aliphatic carbocycles. The Kier molecular flexibility index (Phi) is 5.56. The Labute approximate surface area is 168 Å². The second kappa shape index (κ2) is 8.10. The van der Waals surface area contributed by atoms with Gasteiger partial charge in [0.25, 0.3) is 0 Å². The Morgan fingerprint density at radius 3 is 2.86 bits per heavy atom. The van der Waals surface area contributed by atoms with Gasteiger partial charge in [-0.3, -0.25) is 4.57 Å². The lowest BCUT2D eigenvalue weighted by molar-refractivity contribution is 0.310. The average Bonchev–Trinajstić information content (AvgIpc) is 3.03. The minimum Gasteiger partial charge on any atom is -0.497 e. The molecule has 2 aromatic rings. The van der Waals surface area contributed by atoms with Crippen LogP contribution >= 0.6 is 11.8 Å². The van der Waals surface area contributed by atoms with Crippen LogP contribution in [0, 0.1) is 0 Å². The predicted octanol–water partition coefficient (Wildman–Crippen LogP) is 1.82. The highest BCUT2D eigenvalue weighted by molar-refractivity contribution is 7.99. The molecule has 150 valence electrons. The first-order chi connectivity index (χ1) is 13.6. The van der Waals surface area contributed by atoms with E-state index in [1.807, 2.05) is 28.8 Å². The molecule has 0 radical (unpaired) electrons. The minimum atomic E-state index is -3.65. The van der Waals surface area contributed by atoms with Crippen molar-refractivity contribution >= 4 is 27.8 Å². The smallest absolute Gasteiger partial charge is 0.323 e. The summed E-state index contributed by atoms with van der Waals surface area (Å²) in [5, 5.41) is 8.91. The quantitative estimate of drug-likeness (QED) is 0.733. The second-order valence-electron chi connectivity index (χ2n) is 6.61. The van der Waals surface area contributed by atoms with E-state index < -0.39 is 10.2 Å². The van der Waals surface area contributed by atoms with E-state index in [-0.39, 0.29) is 6.17 Å². The fourth-order valence-corrected chi connectivity index (χ4v) is 5.52. The van der Waals surface area contributed by atoms with Gasteiger partial charge in [-0.1, -0.05) is 18.2 Å². The molecule has 1 aromatic carbocycles. The lowest BCUT2D eigenvalue weighted by Crippen LogP contribution is -2.55. The van der Waals surface area contributed by atoms with Crippen molar-refractivity contribution in [2.24, 2.45) is 4.40 Å². The first-order valence-electron chi connectivity index (χ1n) is 9.11. The average molecular weight is 423 g/mol. The summed E-state index contributed by atoms with van der Waals surface area (Å²) < 4.78 is 38.0. The van der Waals surface area contributed by atoms with Gasteiger partial charge in [-0.15, -0.1) is 14.6 Å². The number of rotatable bonds is 5. The summed E-state index contributed by atoms with van der Waals surface area (Å²) in [4.78, 5) is 2.08. The zero-order valence-corrected chi connectivity index (χ0v) is 17.1. The summed E-state index contributed by atoms with van der Waals surface area (Å²) in [6, 6.07) is 7.60. The molecule has 2 aliphatic rings. The highest BCUT2D eigenvalue weighted by Gasteiger charge is 2.33. The standard InChI is InChI=1S/C17H22N6O3S2/c1-26-14-8-6-13(7-9-14)23-12-18-19-17(23)27-11-16-21-28(24,25)20-15-5-3-2-4-10-22(15)16/h6-9,12,16,21H,2-5,10-11H2,1H3/t16-/m1/s1. The number of amidine groups is 1. The van der Waals surface area contributed by atoms with Gasteiger partial charge in [-0.05, 0) is 37.1 Å². The molecule has 1 atom stereocenters. The molecule has 0 bridgehead atoms. The van der Waals surface area contributed by atoms with Crippen LogP contribution in [-0.4, -0.2) is 59.5 Å². The number of methoxy groups -OCH3 is 1. The lowest BCUT2D eigenvalue weighted by atomic mass is 10.2. The fourth-order valence-electron chi connectivity index (χ4n) is 3.37. The van der Waals surface area contributed by atoms with Crippen molar-refractivity contribution < 1.29 is 13.2 Å². The Balaban J connectivity index is 1.51. The van der Waals surface area contributed by atoms with Crippen molar-refractivity contribution in [3.8, 4) is 11.4 Å². The number of thioether (sulfide) groups is 1. The number of benzene rings is 1. The van der Waals surface area contributed by atoms with Crippen LogP contribution in [0.15, 0.2) is 40.1 Å². The van der Waals surface area contributed by atoms with Gasteiger partial charge in [0.05, 0.1) is 7.11 Å². The number of nitrogens with one attached hydrogen (secondary N) is 1. The number of hydrogen-bond acceptors (Lipinski definition) is 7. The van der Waals surface area contributed by atoms with Gasteiger partial charge in [-0.25, -0.2) is 0 Å². The van der Waals surface area contributed by atoms with Crippen LogP contribution in [0.1, 0.15) is 25.7 Å². The molecule has 3 heterocycles. The molecule has 0 saturated carbocycles. The summed E-state index contributed by atoms with van der Waals surface area (Å²) in [5.41, 5.74) is 0.912. The van der Waals surface area contributed by atoms with Crippen LogP contribution in [0.2, 0.25) is 0 Å². The molecule has 28 heavy (non-hydrogen) atoms. The number of ether oxygens (including phenoxy) is 1. The fraction of sp³-hybridized carbons (Fsp3) is 0.471. The molecule has 1 aromatic heterocycles. The maximum absolute atomic E-state index is 12.2. The Morgan fingerprint density at radius 2 is 2.07 bits per heavy atom. The van der Waals surface area contributed by atoms with Crippen LogP contribution < -0.4 is 9.46 Å². The van der Waals surface area contributed by atoms with E-state index in [1.54, 1.807) is 13.4 Å². The van der Waals surface area contributed by atoms with Crippen molar-refractivity contribution in [3.05, 3.63) is 30.6 Å². The number of hydrogen-bond donors (Lipinski definition) is 1. The monoisotopic (exact) mass is 422 g/mol. The van der Waals surface area contributed by atoms with E-state index in [2.05, 4.69) is 24.2 Å². The Hall–Kier alpha value is -2.11. The maximum Gasteiger partial charge on any atom is 0.323 e. The summed E-state index contributed by atoms with van der Waals surface area (Å²) in [7, 11) is -2.03. The molecule has 0 spiro atoms. The SMILES string of the molecule is COc1ccc(-n2cnnc2SC[C@@H]2NS(=O)(=O)N=C3CCCCCN32)cc1. The van der Waals surface area contributed by atoms with Gasteiger partial charge in [0.2, 0.25) is 0 Å². The predicted molar refractivity (Wildman–Crippen MR) is 107 cm³/mol. The third kappa shape index (κ3) is 4.15. The molecular weight excluding hydrogens is 400 g/mol. The summed E-state index contributed by atoms with van der Waals surface area (Å²) >= 11 is 1.46. The lowest BCUT2D eigenvalue weighted by Gasteiger charge is -2.35. The molecule has 11 heteroatoms. The van der Waals surface area contributed by atoms with Crippen molar-refractivity contribution in [1.29, 1.82) is 0 Å². The van der Waals surface area contributed by atoms with Gasteiger partial charge >= 0.3 is 10.2 Å². The van der Waals surface area contributed by atoms with Crippen molar-refractivity contribution in [2.45, 2.75) is 37.0 Å². The Bertz CT molecular complexity index is 958. The zero-order valence-electron chi connectivity index (χ0n) is 15.5. The van der Waals surface area contributed by atoms with Crippen molar-refractivity contribution in [1.82, 2.24) is 24.4 Å². The molecule has 1 fully saturated rings. The van der Waals surface area contributed by atoms with Crippen molar-refractivity contribution in [2.75, 3.05) is 19.4 Å². The molecular formula is C17H22N6O3S2. The first-order valence-corrected chi connectivity index (χ1v) is 11.5. The van der Waals surface area contributed by atoms with E-state index in [0.29, 0.717) is 23.2 Å². The van der Waals surface area contributed by atoms with E-state index in [4.69, 9.17) is 4.74 Å². The van der Waals surface area contributed by atoms with Gasteiger partial charge in [0, 0.05) is 24.4 Å². The van der Waals surface area contributed by atoms with E-state index >= 15 is 0 Å². The van der Waals surface area contributed by atoms with E-state index in [9.17, 15) is 8.42 Å². The summed E-state index contributed by atoms with van der Waals surface area (Å²) in [6.07, 6.45) is 5.08. The number of aromatic nitrogens is 3. The highest BCUT2D eigenvalue weighted by Crippen LogP contribution is 2.26. The van der Waals surface area contributed by atoms with Gasteiger partial charge < -0.3 is 9.64 Å². The number of nitrogens with zero attached hydrogens (tertiary/aromatic N) is 5. The second-order valence-corrected chi connectivity index (χ2v) is 8.97. The maximum atomic E-state index is 12.2. The van der Waals surface area contributed by atoms with Crippen LogP contribution in [0.4, 0.5) is 0 Å². The van der Waals surface area contributed by atoms with Crippen LogP contribution in [0.3, 0.4) is 0 Å². The molecule has 4 rings (SSSR count). The zero-order chi connectivity index (χ0) is 19.6. The van der Waals surface area contributed by atoms with Crippen LogP contribution in [0.25, 0.3) is 5.69 Å².